The fourth-order valence-corrected chi connectivity index (χ4v) is 3.01. The third kappa shape index (κ3) is 6.55. The first kappa shape index (κ1) is 20.0. The number of aliphatic carboxylic acids is 1. The van der Waals surface area contributed by atoms with Gasteiger partial charge in [-0.15, -0.1) is 0 Å². The number of amides is 1. The minimum absolute atomic E-state index is 0.00731. The number of carboxylic acids is 1. The maximum absolute atomic E-state index is 11.6. The van der Waals surface area contributed by atoms with Crippen molar-refractivity contribution in [2.75, 3.05) is 39.9 Å². The summed E-state index contributed by atoms with van der Waals surface area (Å²) in [6.45, 7) is 4.17. The van der Waals surface area contributed by atoms with Crippen LogP contribution >= 0.6 is 0 Å². The predicted octanol–water partition coefficient (Wildman–Crippen LogP) is 1.69. The van der Waals surface area contributed by atoms with Crippen molar-refractivity contribution >= 4 is 11.9 Å². The standard InChI is InChI=1S/C19H28N2O5/c1-25-16-6-4-5-15(9-10-20-17(22)7-8-18(23)24)19(16)26-14-13-21-11-2-3-12-21/h4-6H,2-3,7-14H2,1H3,(H,20,22)(H,23,24). The van der Waals surface area contributed by atoms with Crippen LogP contribution < -0.4 is 14.8 Å². The van der Waals surface area contributed by atoms with Gasteiger partial charge >= 0.3 is 5.97 Å². The number of methoxy groups -OCH3 is 1. The van der Waals surface area contributed by atoms with E-state index in [0.717, 1.165) is 25.2 Å². The number of benzene rings is 1. The van der Waals surface area contributed by atoms with Gasteiger partial charge in [-0.25, -0.2) is 0 Å². The van der Waals surface area contributed by atoms with Gasteiger partial charge in [0.25, 0.3) is 0 Å². The molecule has 2 N–H and O–H groups in total. The highest BCUT2D eigenvalue weighted by atomic mass is 16.5. The van der Waals surface area contributed by atoms with Gasteiger partial charge in [0.2, 0.25) is 5.91 Å². The van der Waals surface area contributed by atoms with E-state index in [2.05, 4.69) is 10.2 Å². The van der Waals surface area contributed by atoms with Crippen LogP contribution in [0.15, 0.2) is 18.2 Å². The molecule has 1 amide bonds. The minimum atomic E-state index is -0.971. The van der Waals surface area contributed by atoms with Crippen molar-refractivity contribution in [2.24, 2.45) is 0 Å². The summed E-state index contributed by atoms with van der Waals surface area (Å²) in [6, 6.07) is 5.71. The molecular formula is C19H28N2O5. The molecule has 0 radical (unpaired) electrons. The number of likely N-dealkylation sites (tertiary alicyclic amines) is 1. The normalized spacial score (nSPS) is 14.2. The largest absolute Gasteiger partial charge is 0.493 e. The van der Waals surface area contributed by atoms with Gasteiger partial charge in [-0.3, -0.25) is 14.5 Å². The predicted molar refractivity (Wildman–Crippen MR) is 97.7 cm³/mol. The molecule has 1 fully saturated rings. The lowest BCUT2D eigenvalue weighted by Gasteiger charge is -2.18. The Balaban J connectivity index is 1.85. The highest BCUT2D eigenvalue weighted by Gasteiger charge is 2.14. The average molecular weight is 364 g/mol. The van der Waals surface area contributed by atoms with Gasteiger partial charge < -0.3 is 19.9 Å². The summed E-state index contributed by atoms with van der Waals surface area (Å²) in [4.78, 5) is 24.5. The van der Waals surface area contributed by atoms with Gasteiger partial charge in [-0.2, -0.15) is 0 Å². The molecule has 1 aromatic carbocycles. The molecule has 7 heteroatoms. The van der Waals surface area contributed by atoms with Crippen molar-refractivity contribution in [3.8, 4) is 11.5 Å². The summed E-state index contributed by atoms with van der Waals surface area (Å²) < 4.78 is 11.4. The van der Waals surface area contributed by atoms with Crippen LogP contribution in [-0.2, 0) is 16.0 Å². The van der Waals surface area contributed by atoms with E-state index in [1.807, 2.05) is 18.2 Å². The molecule has 7 nitrogen and oxygen atoms in total. The first-order chi connectivity index (χ1) is 12.6. The van der Waals surface area contributed by atoms with Gasteiger partial charge in [0.15, 0.2) is 11.5 Å². The second-order valence-corrected chi connectivity index (χ2v) is 6.34. The lowest BCUT2D eigenvalue weighted by atomic mass is 10.1. The molecule has 0 unspecified atom stereocenters. The number of carbonyl (C=O) groups excluding carboxylic acids is 1. The van der Waals surface area contributed by atoms with E-state index in [-0.39, 0.29) is 18.7 Å². The monoisotopic (exact) mass is 364 g/mol. The zero-order valence-corrected chi connectivity index (χ0v) is 15.3. The number of hydrogen-bond donors (Lipinski definition) is 2. The number of para-hydroxylation sites is 1. The number of hydrogen-bond acceptors (Lipinski definition) is 5. The van der Waals surface area contributed by atoms with Gasteiger partial charge in [-0.1, -0.05) is 12.1 Å². The number of carboxylic acid groups (broad SMARTS) is 1. The molecule has 1 aliphatic heterocycles. The van der Waals surface area contributed by atoms with E-state index < -0.39 is 5.97 Å². The quantitative estimate of drug-likeness (QED) is 0.621. The first-order valence-corrected chi connectivity index (χ1v) is 9.09. The summed E-state index contributed by atoms with van der Waals surface area (Å²) in [5.74, 6) is 0.170. The van der Waals surface area contributed by atoms with Crippen LogP contribution in [0.25, 0.3) is 0 Å². The Hall–Kier alpha value is -2.28. The van der Waals surface area contributed by atoms with Gasteiger partial charge in [0.1, 0.15) is 6.61 Å². The second kappa shape index (κ2) is 10.7. The number of rotatable bonds is 11. The summed E-state index contributed by atoms with van der Waals surface area (Å²) in [5.41, 5.74) is 0.962. The van der Waals surface area contributed by atoms with E-state index >= 15 is 0 Å². The summed E-state index contributed by atoms with van der Waals surface area (Å²) in [6.07, 6.45) is 2.93. The zero-order chi connectivity index (χ0) is 18.8. The molecule has 2 rings (SSSR count). The van der Waals surface area contributed by atoms with Gasteiger partial charge in [0.05, 0.1) is 13.5 Å². The van der Waals surface area contributed by atoms with Crippen LogP contribution in [0.2, 0.25) is 0 Å². The maximum atomic E-state index is 11.6. The Morgan fingerprint density at radius 3 is 2.69 bits per heavy atom. The Morgan fingerprint density at radius 2 is 2.00 bits per heavy atom. The smallest absolute Gasteiger partial charge is 0.303 e. The van der Waals surface area contributed by atoms with Crippen molar-refractivity contribution < 1.29 is 24.2 Å². The molecule has 1 aromatic rings. The maximum Gasteiger partial charge on any atom is 0.303 e. The van der Waals surface area contributed by atoms with Crippen LogP contribution in [0.4, 0.5) is 0 Å². The van der Waals surface area contributed by atoms with Crippen LogP contribution in [0.5, 0.6) is 11.5 Å². The summed E-state index contributed by atoms with van der Waals surface area (Å²) in [5, 5.41) is 11.4. The average Bonchev–Trinajstić information content (AvgIpc) is 3.14. The Bertz CT molecular complexity index is 600. The van der Waals surface area contributed by atoms with E-state index in [4.69, 9.17) is 14.6 Å². The van der Waals surface area contributed by atoms with Crippen molar-refractivity contribution in [2.45, 2.75) is 32.1 Å². The van der Waals surface area contributed by atoms with Gasteiger partial charge in [0, 0.05) is 19.5 Å². The third-order valence-electron chi connectivity index (χ3n) is 4.42. The topological polar surface area (TPSA) is 88.1 Å². The van der Waals surface area contributed by atoms with Crippen molar-refractivity contribution in [3.63, 3.8) is 0 Å². The molecular weight excluding hydrogens is 336 g/mol. The Kier molecular flexibility index (Phi) is 8.21. The number of nitrogens with zero attached hydrogens (tertiary/aromatic N) is 1. The third-order valence-corrected chi connectivity index (χ3v) is 4.42. The first-order valence-electron chi connectivity index (χ1n) is 9.09. The lowest BCUT2D eigenvalue weighted by molar-refractivity contribution is -0.138. The van der Waals surface area contributed by atoms with E-state index in [1.54, 1.807) is 7.11 Å². The molecule has 0 saturated carbocycles. The highest BCUT2D eigenvalue weighted by molar-refractivity contribution is 5.80. The van der Waals surface area contributed by atoms with Crippen LogP contribution in [-0.4, -0.2) is 61.8 Å². The van der Waals surface area contributed by atoms with Gasteiger partial charge in [-0.05, 0) is 44.0 Å². The highest BCUT2D eigenvalue weighted by Crippen LogP contribution is 2.31. The fraction of sp³-hybridized carbons (Fsp3) is 0.579. The summed E-state index contributed by atoms with van der Waals surface area (Å²) in [7, 11) is 1.61. The molecule has 0 bridgehead atoms. The lowest BCUT2D eigenvalue weighted by Crippen LogP contribution is -2.27. The summed E-state index contributed by atoms with van der Waals surface area (Å²) >= 11 is 0. The van der Waals surface area contributed by atoms with Crippen molar-refractivity contribution in [1.82, 2.24) is 10.2 Å². The molecule has 1 saturated heterocycles. The second-order valence-electron chi connectivity index (χ2n) is 6.34. The molecule has 0 spiro atoms. The molecule has 1 heterocycles. The van der Waals surface area contributed by atoms with Crippen LogP contribution in [0, 0.1) is 0 Å². The van der Waals surface area contributed by atoms with E-state index in [9.17, 15) is 9.59 Å². The number of nitrogens with one attached hydrogen (secondary N) is 1. The van der Waals surface area contributed by atoms with Crippen LogP contribution in [0.3, 0.4) is 0 Å². The van der Waals surface area contributed by atoms with Crippen molar-refractivity contribution in [3.05, 3.63) is 23.8 Å². The molecule has 1 aliphatic rings. The van der Waals surface area contributed by atoms with E-state index in [0.29, 0.717) is 31.1 Å². The molecule has 0 aliphatic carbocycles. The van der Waals surface area contributed by atoms with Crippen molar-refractivity contribution in [1.29, 1.82) is 0 Å². The SMILES string of the molecule is COc1cccc(CCNC(=O)CCC(=O)O)c1OCCN1CCCC1. The zero-order valence-electron chi connectivity index (χ0n) is 15.3. The fourth-order valence-electron chi connectivity index (χ4n) is 3.01. The number of ether oxygens (including phenoxy) is 2. The number of carbonyl (C=O) groups is 2. The Morgan fingerprint density at radius 1 is 1.23 bits per heavy atom. The minimum Gasteiger partial charge on any atom is -0.493 e. The molecule has 26 heavy (non-hydrogen) atoms. The molecule has 0 atom stereocenters. The van der Waals surface area contributed by atoms with E-state index in [1.165, 1.54) is 12.8 Å². The Labute approximate surface area is 154 Å². The van der Waals surface area contributed by atoms with Crippen LogP contribution in [0.1, 0.15) is 31.2 Å². The molecule has 0 aromatic heterocycles. The molecule has 144 valence electrons.